The summed E-state index contributed by atoms with van der Waals surface area (Å²) in [7, 11) is 0. The minimum Gasteiger partial charge on any atom is -0.292 e. The molecule has 0 aliphatic carbocycles. The van der Waals surface area contributed by atoms with Gasteiger partial charge in [-0.3, -0.25) is 14.2 Å². The highest BCUT2D eigenvalue weighted by Gasteiger charge is 2.17. The van der Waals surface area contributed by atoms with Crippen LogP contribution in [0.4, 0.5) is 0 Å². The van der Waals surface area contributed by atoms with Crippen LogP contribution in [0.25, 0.3) is 20.7 Å². The standard InChI is InChI=1S/C23H20N2O2S/c1-14-9-10-15(2)18(11-14)19(26)12-25-13-24-22-20(23(25)27)16(3)21(28-22)17-7-5-4-6-8-17/h4-11,13H,12H2,1-3H3. The first kappa shape index (κ1) is 18.3. The van der Waals surface area contributed by atoms with Crippen LogP contribution in [0.1, 0.15) is 27.0 Å². The largest absolute Gasteiger partial charge is 0.292 e. The first-order chi connectivity index (χ1) is 13.5. The number of hydrogen-bond acceptors (Lipinski definition) is 4. The number of carbonyl (C=O) groups is 1. The third-order valence-electron chi connectivity index (χ3n) is 4.96. The van der Waals surface area contributed by atoms with E-state index < -0.39 is 0 Å². The number of aromatic nitrogens is 2. The van der Waals surface area contributed by atoms with Gasteiger partial charge < -0.3 is 0 Å². The van der Waals surface area contributed by atoms with Crippen molar-refractivity contribution in [2.45, 2.75) is 27.3 Å². The van der Waals surface area contributed by atoms with Gasteiger partial charge in [-0.05, 0) is 43.5 Å². The van der Waals surface area contributed by atoms with Crippen molar-refractivity contribution < 1.29 is 4.79 Å². The van der Waals surface area contributed by atoms with Crippen LogP contribution in [-0.4, -0.2) is 15.3 Å². The normalized spacial score (nSPS) is 11.1. The van der Waals surface area contributed by atoms with Crippen molar-refractivity contribution in [1.29, 1.82) is 0 Å². The van der Waals surface area contributed by atoms with Gasteiger partial charge in [-0.1, -0.05) is 48.0 Å². The number of ketones is 1. The Morgan fingerprint density at radius 1 is 1.07 bits per heavy atom. The topological polar surface area (TPSA) is 52.0 Å². The summed E-state index contributed by atoms with van der Waals surface area (Å²) in [6, 6.07) is 15.8. The fourth-order valence-electron chi connectivity index (χ4n) is 3.41. The predicted octanol–water partition coefficient (Wildman–Crippen LogP) is 4.93. The summed E-state index contributed by atoms with van der Waals surface area (Å²) in [4.78, 5) is 32.1. The second kappa shape index (κ2) is 7.17. The summed E-state index contributed by atoms with van der Waals surface area (Å²) < 4.78 is 1.42. The number of aryl methyl sites for hydroxylation is 3. The van der Waals surface area contributed by atoms with Crippen molar-refractivity contribution in [3.8, 4) is 10.4 Å². The third kappa shape index (κ3) is 3.18. The number of fused-ring (bicyclic) bond motifs is 1. The Morgan fingerprint density at radius 3 is 2.57 bits per heavy atom. The Labute approximate surface area is 167 Å². The molecule has 0 bridgehead atoms. The lowest BCUT2D eigenvalue weighted by atomic mass is 10.0. The van der Waals surface area contributed by atoms with Crippen LogP contribution in [0, 0.1) is 20.8 Å². The van der Waals surface area contributed by atoms with Gasteiger partial charge in [0.1, 0.15) is 4.83 Å². The number of Topliss-reactive ketones (excluding diaryl/α,β-unsaturated/α-hetero) is 1. The molecular formula is C23H20N2O2S. The molecule has 0 spiro atoms. The maximum absolute atomic E-state index is 13.1. The average molecular weight is 388 g/mol. The summed E-state index contributed by atoms with van der Waals surface area (Å²) in [5.41, 5.74) is 4.41. The van der Waals surface area contributed by atoms with E-state index in [1.54, 1.807) is 0 Å². The lowest BCUT2D eigenvalue weighted by Gasteiger charge is -2.08. The smallest absolute Gasteiger partial charge is 0.262 e. The van der Waals surface area contributed by atoms with E-state index in [0.29, 0.717) is 15.8 Å². The maximum atomic E-state index is 13.1. The quantitative estimate of drug-likeness (QED) is 0.466. The zero-order valence-corrected chi connectivity index (χ0v) is 16.8. The summed E-state index contributed by atoms with van der Waals surface area (Å²) in [5.74, 6) is -0.0828. The molecule has 0 N–H and O–H groups in total. The second-order valence-corrected chi connectivity index (χ2v) is 8.02. The van der Waals surface area contributed by atoms with Crippen molar-refractivity contribution >= 4 is 27.3 Å². The van der Waals surface area contributed by atoms with E-state index in [9.17, 15) is 9.59 Å². The molecule has 28 heavy (non-hydrogen) atoms. The Bertz CT molecular complexity index is 1250. The van der Waals surface area contributed by atoms with E-state index in [0.717, 1.165) is 27.1 Å². The highest BCUT2D eigenvalue weighted by molar-refractivity contribution is 7.22. The number of thiophene rings is 1. The third-order valence-corrected chi connectivity index (χ3v) is 6.21. The monoisotopic (exact) mass is 388 g/mol. The van der Waals surface area contributed by atoms with Gasteiger partial charge in [0.25, 0.3) is 5.56 Å². The van der Waals surface area contributed by atoms with E-state index in [2.05, 4.69) is 4.98 Å². The van der Waals surface area contributed by atoms with Gasteiger partial charge in [0.15, 0.2) is 5.78 Å². The molecule has 4 rings (SSSR count). The molecule has 0 unspecified atom stereocenters. The number of nitrogens with zero attached hydrogens (tertiary/aromatic N) is 2. The summed E-state index contributed by atoms with van der Waals surface area (Å²) >= 11 is 1.51. The van der Waals surface area contributed by atoms with Gasteiger partial charge in [0.05, 0.1) is 18.3 Å². The highest BCUT2D eigenvalue weighted by Crippen LogP contribution is 2.35. The molecule has 0 fully saturated rings. The van der Waals surface area contributed by atoms with Crippen LogP contribution >= 0.6 is 11.3 Å². The van der Waals surface area contributed by atoms with Crippen LogP contribution in [0.3, 0.4) is 0 Å². The van der Waals surface area contributed by atoms with Crippen LogP contribution in [0.5, 0.6) is 0 Å². The zero-order chi connectivity index (χ0) is 19.8. The molecular weight excluding hydrogens is 368 g/mol. The molecule has 0 aliphatic heterocycles. The number of rotatable bonds is 4. The van der Waals surface area contributed by atoms with Crippen molar-refractivity contribution in [2.75, 3.05) is 0 Å². The Kier molecular flexibility index (Phi) is 4.69. The molecule has 4 nitrogen and oxygen atoms in total. The Morgan fingerprint density at radius 2 is 1.82 bits per heavy atom. The average Bonchev–Trinajstić information content (AvgIpc) is 3.04. The zero-order valence-electron chi connectivity index (χ0n) is 16.0. The van der Waals surface area contributed by atoms with Gasteiger partial charge in [0, 0.05) is 10.4 Å². The summed E-state index contributed by atoms with van der Waals surface area (Å²) in [6.45, 7) is 5.80. The molecule has 2 heterocycles. The molecule has 0 saturated heterocycles. The van der Waals surface area contributed by atoms with E-state index in [4.69, 9.17) is 0 Å². The van der Waals surface area contributed by atoms with Gasteiger partial charge in [0.2, 0.25) is 0 Å². The Hall–Kier alpha value is -3.05. The lowest BCUT2D eigenvalue weighted by molar-refractivity contribution is 0.0970. The lowest BCUT2D eigenvalue weighted by Crippen LogP contribution is -2.25. The molecule has 0 radical (unpaired) electrons. The van der Waals surface area contributed by atoms with E-state index in [-0.39, 0.29) is 17.9 Å². The van der Waals surface area contributed by atoms with E-state index in [1.807, 2.05) is 69.3 Å². The molecule has 2 aromatic carbocycles. The molecule has 0 aliphatic rings. The predicted molar refractivity (Wildman–Crippen MR) is 114 cm³/mol. The number of hydrogen-bond donors (Lipinski definition) is 0. The van der Waals surface area contributed by atoms with Crippen molar-refractivity contribution in [1.82, 2.24) is 9.55 Å². The fourth-order valence-corrected chi connectivity index (χ4v) is 4.56. The van der Waals surface area contributed by atoms with Gasteiger partial charge in [-0.2, -0.15) is 0 Å². The maximum Gasteiger partial charge on any atom is 0.262 e. The highest BCUT2D eigenvalue weighted by atomic mass is 32.1. The van der Waals surface area contributed by atoms with Crippen molar-refractivity contribution in [3.63, 3.8) is 0 Å². The van der Waals surface area contributed by atoms with Crippen molar-refractivity contribution in [3.05, 3.63) is 87.5 Å². The molecule has 0 saturated carbocycles. The van der Waals surface area contributed by atoms with Gasteiger partial charge in [-0.15, -0.1) is 11.3 Å². The number of benzene rings is 2. The Balaban J connectivity index is 1.76. The minimum atomic E-state index is -0.167. The first-order valence-corrected chi connectivity index (χ1v) is 9.92. The fraction of sp³-hybridized carbons (Fsp3) is 0.174. The van der Waals surface area contributed by atoms with Gasteiger partial charge >= 0.3 is 0 Å². The molecule has 0 atom stereocenters. The van der Waals surface area contributed by atoms with Crippen molar-refractivity contribution in [2.24, 2.45) is 0 Å². The second-order valence-electron chi connectivity index (χ2n) is 7.02. The SMILES string of the molecule is Cc1ccc(C)c(C(=O)Cn2cnc3sc(-c4ccccc4)c(C)c3c2=O)c1. The molecule has 5 heteroatoms. The van der Waals surface area contributed by atoms with Crippen LogP contribution in [0.2, 0.25) is 0 Å². The first-order valence-electron chi connectivity index (χ1n) is 9.10. The molecule has 2 aromatic heterocycles. The van der Waals surface area contributed by atoms with Crippen LogP contribution in [-0.2, 0) is 6.54 Å². The van der Waals surface area contributed by atoms with E-state index in [1.165, 1.54) is 22.2 Å². The van der Waals surface area contributed by atoms with Crippen LogP contribution < -0.4 is 5.56 Å². The van der Waals surface area contributed by atoms with Crippen LogP contribution in [0.15, 0.2) is 59.7 Å². The summed E-state index contributed by atoms with van der Waals surface area (Å²) in [5, 5.41) is 0.597. The summed E-state index contributed by atoms with van der Waals surface area (Å²) in [6.07, 6.45) is 1.48. The van der Waals surface area contributed by atoms with Gasteiger partial charge in [-0.25, -0.2) is 4.98 Å². The van der Waals surface area contributed by atoms with E-state index >= 15 is 0 Å². The molecule has 4 aromatic rings. The molecule has 140 valence electrons. The molecule has 0 amide bonds. The minimum absolute atomic E-state index is 0.0119. The number of carbonyl (C=O) groups excluding carboxylic acids is 1.